The first-order valence-electron chi connectivity index (χ1n) is 5.38. The lowest BCUT2D eigenvalue weighted by Crippen LogP contribution is -2.24. The minimum Gasteiger partial charge on any atom is -0.397 e. The molecule has 0 fully saturated rings. The fourth-order valence-corrected chi connectivity index (χ4v) is 2.05. The number of amides is 1. The Labute approximate surface area is 119 Å². The van der Waals surface area contributed by atoms with Crippen LogP contribution in [0.4, 0.5) is 11.4 Å². The molecule has 2 aromatic rings. The van der Waals surface area contributed by atoms with Crippen LogP contribution in [-0.2, 0) is 4.79 Å². The van der Waals surface area contributed by atoms with Crippen LogP contribution in [0.15, 0.2) is 24.8 Å². The molecule has 1 heterocycles. The second-order valence-corrected chi connectivity index (χ2v) is 4.74. The van der Waals surface area contributed by atoms with Gasteiger partial charge in [0.1, 0.15) is 18.7 Å². The molecular formula is C11H11Cl2N5O. The standard InChI is InChI=1S/C11H11Cl2N5O/c1-6(18-5-15-4-16-18)11(19)17-10-8(13)2-7(12)3-9(10)14/h2-6H,14H2,1H3,(H,17,19). The summed E-state index contributed by atoms with van der Waals surface area (Å²) in [5.41, 5.74) is 6.41. The van der Waals surface area contributed by atoms with Gasteiger partial charge in [-0.05, 0) is 19.1 Å². The topological polar surface area (TPSA) is 85.8 Å². The van der Waals surface area contributed by atoms with Gasteiger partial charge in [0, 0.05) is 5.02 Å². The number of halogens is 2. The van der Waals surface area contributed by atoms with Crippen LogP contribution in [0.2, 0.25) is 10.0 Å². The molecule has 0 aliphatic heterocycles. The fourth-order valence-electron chi connectivity index (χ4n) is 1.49. The van der Waals surface area contributed by atoms with E-state index < -0.39 is 6.04 Å². The fraction of sp³-hybridized carbons (Fsp3) is 0.182. The van der Waals surface area contributed by atoms with Crippen LogP contribution in [0.3, 0.4) is 0 Å². The van der Waals surface area contributed by atoms with E-state index >= 15 is 0 Å². The Morgan fingerprint density at radius 3 is 2.79 bits per heavy atom. The maximum atomic E-state index is 12.1. The number of anilines is 2. The number of hydrogen-bond acceptors (Lipinski definition) is 4. The van der Waals surface area contributed by atoms with Crippen LogP contribution < -0.4 is 11.1 Å². The molecule has 2 rings (SSSR count). The van der Waals surface area contributed by atoms with E-state index in [0.717, 1.165) is 0 Å². The number of nitrogens with two attached hydrogens (primary N) is 1. The molecule has 1 atom stereocenters. The third kappa shape index (κ3) is 2.97. The summed E-state index contributed by atoms with van der Waals surface area (Å²) in [6.07, 6.45) is 2.81. The number of nitrogen functional groups attached to an aromatic ring is 1. The lowest BCUT2D eigenvalue weighted by atomic mass is 10.2. The lowest BCUT2D eigenvalue weighted by molar-refractivity contribution is -0.119. The quantitative estimate of drug-likeness (QED) is 0.852. The van der Waals surface area contributed by atoms with Crippen molar-refractivity contribution in [2.75, 3.05) is 11.1 Å². The van der Waals surface area contributed by atoms with Gasteiger partial charge in [0.15, 0.2) is 0 Å². The molecule has 19 heavy (non-hydrogen) atoms. The van der Waals surface area contributed by atoms with Crippen molar-refractivity contribution in [2.24, 2.45) is 0 Å². The summed E-state index contributed by atoms with van der Waals surface area (Å²) in [5.74, 6) is -0.304. The van der Waals surface area contributed by atoms with Gasteiger partial charge >= 0.3 is 0 Å². The molecule has 100 valence electrons. The van der Waals surface area contributed by atoms with E-state index in [1.807, 2.05) is 0 Å². The van der Waals surface area contributed by atoms with Crippen molar-refractivity contribution in [3.63, 3.8) is 0 Å². The Morgan fingerprint density at radius 1 is 1.47 bits per heavy atom. The Hall–Kier alpha value is -1.79. The van der Waals surface area contributed by atoms with Gasteiger partial charge in [0.25, 0.3) is 0 Å². The van der Waals surface area contributed by atoms with Crippen molar-refractivity contribution in [1.82, 2.24) is 14.8 Å². The molecule has 0 saturated carbocycles. The van der Waals surface area contributed by atoms with E-state index in [1.165, 1.54) is 29.5 Å². The van der Waals surface area contributed by atoms with Gasteiger partial charge in [-0.15, -0.1) is 0 Å². The Morgan fingerprint density at radius 2 is 2.21 bits per heavy atom. The molecule has 0 radical (unpaired) electrons. The molecule has 0 spiro atoms. The first kappa shape index (κ1) is 13.6. The van der Waals surface area contributed by atoms with Gasteiger partial charge < -0.3 is 11.1 Å². The van der Waals surface area contributed by atoms with Gasteiger partial charge in [0.2, 0.25) is 5.91 Å². The highest BCUT2D eigenvalue weighted by Crippen LogP contribution is 2.32. The average molecular weight is 300 g/mol. The van der Waals surface area contributed by atoms with Crippen molar-refractivity contribution < 1.29 is 4.79 Å². The summed E-state index contributed by atoms with van der Waals surface area (Å²) in [6, 6.07) is 2.49. The van der Waals surface area contributed by atoms with Crippen LogP contribution in [0.5, 0.6) is 0 Å². The van der Waals surface area contributed by atoms with E-state index in [-0.39, 0.29) is 10.9 Å². The van der Waals surface area contributed by atoms with Gasteiger partial charge in [-0.25, -0.2) is 9.67 Å². The monoisotopic (exact) mass is 299 g/mol. The third-order valence-corrected chi connectivity index (χ3v) is 3.06. The summed E-state index contributed by atoms with van der Waals surface area (Å²) in [7, 11) is 0. The predicted molar refractivity (Wildman–Crippen MR) is 74.2 cm³/mol. The van der Waals surface area contributed by atoms with Crippen molar-refractivity contribution in [2.45, 2.75) is 13.0 Å². The second-order valence-electron chi connectivity index (χ2n) is 3.89. The molecule has 1 unspecified atom stereocenters. The van der Waals surface area contributed by atoms with Crippen molar-refractivity contribution in [3.05, 3.63) is 34.8 Å². The zero-order valence-corrected chi connectivity index (χ0v) is 11.5. The third-order valence-electron chi connectivity index (χ3n) is 2.55. The van der Waals surface area contributed by atoms with Crippen LogP contribution in [0.1, 0.15) is 13.0 Å². The summed E-state index contributed by atoms with van der Waals surface area (Å²) in [5, 5.41) is 7.24. The van der Waals surface area contributed by atoms with Crippen LogP contribution in [0.25, 0.3) is 0 Å². The molecule has 8 heteroatoms. The summed E-state index contributed by atoms with van der Waals surface area (Å²) >= 11 is 11.8. The first-order valence-corrected chi connectivity index (χ1v) is 6.14. The molecule has 0 aliphatic carbocycles. The summed E-state index contributed by atoms with van der Waals surface area (Å²) in [4.78, 5) is 15.8. The largest absolute Gasteiger partial charge is 0.397 e. The van der Waals surface area contributed by atoms with Gasteiger partial charge in [-0.2, -0.15) is 5.10 Å². The maximum Gasteiger partial charge on any atom is 0.249 e. The first-order chi connectivity index (χ1) is 8.99. The molecule has 0 saturated heterocycles. The van der Waals surface area contributed by atoms with Crippen LogP contribution >= 0.6 is 23.2 Å². The summed E-state index contributed by atoms with van der Waals surface area (Å²) < 4.78 is 1.43. The van der Waals surface area contributed by atoms with E-state index in [0.29, 0.717) is 16.4 Å². The molecule has 1 aromatic carbocycles. The second kappa shape index (κ2) is 5.46. The molecule has 6 nitrogen and oxygen atoms in total. The number of carbonyl (C=O) groups is 1. The number of aromatic nitrogens is 3. The molecule has 1 aromatic heterocycles. The molecule has 0 aliphatic rings. The number of hydrogen-bond donors (Lipinski definition) is 2. The number of benzene rings is 1. The molecule has 0 bridgehead atoms. The molecular weight excluding hydrogens is 289 g/mol. The van der Waals surface area contributed by atoms with Gasteiger partial charge in [-0.3, -0.25) is 4.79 Å². The Bertz CT molecular complexity index is 576. The lowest BCUT2D eigenvalue weighted by Gasteiger charge is -2.14. The average Bonchev–Trinajstić information content (AvgIpc) is 2.86. The number of rotatable bonds is 3. The van der Waals surface area contributed by atoms with Crippen molar-refractivity contribution in [3.8, 4) is 0 Å². The van der Waals surface area contributed by atoms with E-state index in [2.05, 4.69) is 15.4 Å². The van der Waals surface area contributed by atoms with Gasteiger partial charge in [-0.1, -0.05) is 23.2 Å². The Kier molecular flexibility index (Phi) is 3.92. The maximum absolute atomic E-state index is 12.1. The SMILES string of the molecule is CC(C(=O)Nc1c(N)cc(Cl)cc1Cl)n1cncn1. The minimum atomic E-state index is -0.534. The predicted octanol–water partition coefficient (Wildman–Crippen LogP) is 2.37. The summed E-state index contributed by atoms with van der Waals surface area (Å²) in [6.45, 7) is 1.68. The minimum absolute atomic E-state index is 0.282. The smallest absolute Gasteiger partial charge is 0.249 e. The highest BCUT2D eigenvalue weighted by molar-refractivity contribution is 6.37. The van der Waals surface area contributed by atoms with Crippen molar-refractivity contribution in [1.29, 1.82) is 0 Å². The zero-order valence-electron chi connectivity index (χ0n) is 9.97. The highest BCUT2D eigenvalue weighted by Gasteiger charge is 2.18. The van der Waals surface area contributed by atoms with E-state index in [9.17, 15) is 4.79 Å². The van der Waals surface area contributed by atoms with Crippen LogP contribution in [0, 0.1) is 0 Å². The van der Waals surface area contributed by atoms with Crippen LogP contribution in [-0.4, -0.2) is 20.7 Å². The normalized spacial score (nSPS) is 12.2. The number of nitrogens with one attached hydrogen (secondary N) is 1. The van der Waals surface area contributed by atoms with E-state index in [4.69, 9.17) is 28.9 Å². The van der Waals surface area contributed by atoms with Crippen molar-refractivity contribution >= 4 is 40.5 Å². The number of carbonyl (C=O) groups excluding carboxylic acids is 1. The molecule has 1 amide bonds. The highest BCUT2D eigenvalue weighted by atomic mass is 35.5. The van der Waals surface area contributed by atoms with Gasteiger partial charge in [0.05, 0.1) is 16.4 Å². The zero-order chi connectivity index (χ0) is 14.0. The van der Waals surface area contributed by atoms with E-state index in [1.54, 1.807) is 6.92 Å². The molecule has 3 N–H and O–H groups in total. The number of nitrogens with zero attached hydrogens (tertiary/aromatic N) is 3. The Balaban J connectivity index is 2.20.